The number of carbonyl (C=O) groups excluding carboxylic acids is 3. The van der Waals surface area contributed by atoms with Crippen LogP contribution in [0.1, 0.15) is 51.3 Å². The van der Waals surface area contributed by atoms with Gasteiger partial charge in [-0.05, 0) is 54.7 Å². The van der Waals surface area contributed by atoms with E-state index in [9.17, 15) is 22.8 Å². The second-order valence-corrected chi connectivity index (χ2v) is 10.4. The fourth-order valence-electron chi connectivity index (χ4n) is 4.12. The Morgan fingerprint density at radius 3 is 2.18 bits per heavy atom. The van der Waals surface area contributed by atoms with Crippen LogP contribution >= 0.6 is 0 Å². The first-order valence-corrected chi connectivity index (χ1v) is 12.2. The van der Waals surface area contributed by atoms with Gasteiger partial charge in [0.2, 0.25) is 10.0 Å². The van der Waals surface area contributed by atoms with E-state index in [0.29, 0.717) is 13.1 Å². The number of hydrogen-bond donors (Lipinski definition) is 1. The van der Waals surface area contributed by atoms with E-state index in [1.807, 2.05) is 13.8 Å². The van der Waals surface area contributed by atoms with E-state index in [1.54, 1.807) is 0 Å². The maximum Gasteiger partial charge on any atom is 0.339 e. The Labute approximate surface area is 199 Å². The van der Waals surface area contributed by atoms with Gasteiger partial charge < -0.3 is 14.8 Å². The summed E-state index contributed by atoms with van der Waals surface area (Å²) in [5, 5.41) is 2.58. The van der Waals surface area contributed by atoms with Gasteiger partial charge in [0, 0.05) is 18.7 Å². The van der Waals surface area contributed by atoms with Crippen molar-refractivity contribution >= 4 is 33.6 Å². The highest BCUT2D eigenvalue weighted by Crippen LogP contribution is 2.27. The number of esters is 2. The molecule has 0 radical (unpaired) electrons. The summed E-state index contributed by atoms with van der Waals surface area (Å²) in [5.41, 5.74) is 0.267. The molecule has 34 heavy (non-hydrogen) atoms. The molecule has 0 saturated carbocycles. The third-order valence-electron chi connectivity index (χ3n) is 5.66. The van der Waals surface area contributed by atoms with Crippen molar-refractivity contribution in [2.75, 3.05) is 32.6 Å². The van der Waals surface area contributed by atoms with E-state index >= 15 is 0 Å². The number of ether oxygens (including phenoxy) is 2. The predicted molar refractivity (Wildman–Crippen MR) is 125 cm³/mol. The zero-order valence-electron chi connectivity index (χ0n) is 19.5. The van der Waals surface area contributed by atoms with Gasteiger partial charge in [0.25, 0.3) is 5.91 Å². The average molecular weight is 489 g/mol. The number of benzene rings is 2. The molecule has 1 N–H and O–H groups in total. The van der Waals surface area contributed by atoms with Gasteiger partial charge in [0.1, 0.15) is 0 Å². The van der Waals surface area contributed by atoms with Gasteiger partial charge >= 0.3 is 11.9 Å². The van der Waals surface area contributed by atoms with Crippen molar-refractivity contribution in [3.8, 4) is 0 Å². The SMILES string of the molecule is COC(=O)c1ccc(C(=O)OC)c(NC(=O)c2cccc(S(=O)(=O)N3CC(C)CC(C)C3)c2)c1. The summed E-state index contributed by atoms with van der Waals surface area (Å²) < 4.78 is 37.4. The summed E-state index contributed by atoms with van der Waals surface area (Å²) in [4.78, 5) is 37.1. The van der Waals surface area contributed by atoms with Gasteiger partial charge in [-0.3, -0.25) is 4.79 Å². The number of sulfonamides is 1. The molecule has 1 aliphatic rings. The highest BCUT2D eigenvalue weighted by Gasteiger charge is 2.32. The molecule has 1 amide bonds. The quantitative estimate of drug-likeness (QED) is 0.620. The normalized spacial score (nSPS) is 18.7. The summed E-state index contributed by atoms with van der Waals surface area (Å²) in [6.07, 6.45) is 0.960. The number of nitrogens with one attached hydrogen (secondary N) is 1. The van der Waals surface area contributed by atoms with Crippen molar-refractivity contribution in [2.24, 2.45) is 11.8 Å². The van der Waals surface area contributed by atoms with E-state index in [0.717, 1.165) is 6.42 Å². The summed E-state index contributed by atoms with van der Waals surface area (Å²) in [5.74, 6) is -1.53. The maximum absolute atomic E-state index is 13.2. The number of nitrogens with zero attached hydrogens (tertiary/aromatic N) is 1. The number of hydrogen-bond acceptors (Lipinski definition) is 7. The Hall–Kier alpha value is -3.24. The van der Waals surface area contributed by atoms with Gasteiger partial charge in [-0.15, -0.1) is 0 Å². The Bertz CT molecular complexity index is 1200. The Kier molecular flexibility index (Phi) is 7.73. The van der Waals surface area contributed by atoms with Crippen LogP contribution in [0.3, 0.4) is 0 Å². The van der Waals surface area contributed by atoms with Gasteiger partial charge in [-0.1, -0.05) is 19.9 Å². The van der Waals surface area contributed by atoms with E-state index < -0.39 is 27.9 Å². The molecule has 2 atom stereocenters. The van der Waals surface area contributed by atoms with Crippen molar-refractivity contribution in [1.82, 2.24) is 4.31 Å². The molecular formula is C24H28N2O7S. The molecular weight excluding hydrogens is 460 g/mol. The first-order chi connectivity index (χ1) is 16.1. The second kappa shape index (κ2) is 10.4. The van der Waals surface area contributed by atoms with Crippen LogP contribution in [0.4, 0.5) is 5.69 Å². The van der Waals surface area contributed by atoms with E-state index in [2.05, 4.69) is 5.32 Å². The predicted octanol–water partition coefficient (Wildman–Crippen LogP) is 3.18. The highest BCUT2D eigenvalue weighted by molar-refractivity contribution is 7.89. The first-order valence-electron chi connectivity index (χ1n) is 10.8. The van der Waals surface area contributed by atoms with E-state index in [4.69, 9.17) is 9.47 Å². The molecule has 1 fully saturated rings. The highest BCUT2D eigenvalue weighted by atomic mass is 32.2. The number of amides is 1. The minimum Gasteiger partial charge on any atom is -0.465 e. The smallest absolute Gasteiger partial charge is 0.339 e. The van der Waals surface area contributed by atoms with Crippen molar-refractivity contribution in [2.45, 2.75) is 25.2 Å². The lowest BCUT2D eigenvalue weighted by Gasteiger charge is -2.34. The number of anilines is 1. The van der Waals surface area contributed by atoms with Crippen LogP contribution in [0, 0.1) is 11.8 Å². The summed E-state index contributed by atoms with van der Waals surface area (Å²) in [7, 11) is -1.38. The molecule has 2 aromatic rings. The molecule has 1 aliphatic heterocycles. The third kappa shape index (κ3) is 5.45. The second-order valence-electron chi connectivity index (χ2n) is 8.49. The van der Waals surface area contributed by atoms with Crippen LogP contribution < -0.4 is 5.32 Å². The minimum atomic E-state index is -3.79. The van der Waals surface area contributed by atoms with Crippen LogP contribution in [0.25, 0.3) is 0 Å². The summed E-state index contributed by atoms with van der Waals surface area (Å²) in [6.45, 7) is 4.88. The summed E-state index contributed by atoms with van der Waals surface area (Å²) in [6, 6.07) is 9.73. The zero-order valence-corrected chi connectivity index (χ0v) is 20.3. The average Bonchev–Trinajstić information content (AvgIpc) is 2.82. The molecule has 10 heteroatoms. The monoisotopic (exact) mass is 488 g/mol. The fourth-order valence-corrected chi connectivity index (χ4v) is 5.85. The van der Waals surface area contributed by atoms with E-state index in [1.165, 1.54) is 61.0 Å². The van der Waals surface area contributed by atoms with Crippen molar-refractivity contribution in [3.63, 3.8) is 0 Å². The molecule has 1 heterocycles. The lowest BCUT2D eigenvalue weighted by Crippen LogP contribution is -2.42. The molecule has 0 aliphatic carbocycles. The lowest BCUT2D eigenvalue weighted by molar-refractivity contribution is 0.0587. The minimum absolute atomic E-state index is 0.0120. The van der Waals surface area contributed by atoms with Crippen LogP contribution in [-0.4, -0.2) is 57.9 Å². The van der Waals surface area contributed by atoms with E-state index in [-0.39, 0.29) is 39.1 Å². The van der Waals surface area contributed by atoms with Crippen LogP contribution in [-0.2, 0) is 19.5 Å². The molecule has 9 nitrogen and oxygen atoms in total. The lowest BCUT2D eigenvalue weighted by atomic mass is 9.94. The van der Waals surface area contributed by atoms with Crippen LogP contribution in [0.2, 0.25) is 0 Å². The molecule has 0 bridgehead atoms. The Morgan fingerprint density at radius 2 is 1.56 bits per heavy atom. The third-order valence-corrected chi connectivity index (χ3v) is 7.49. The Balaban J connectivity index is 1.91. The van der Waals surface area contributed by atoms with Gasteiger partial charge in [0.05, 0.1) is 35.9 Å². The maximum atomic E-state index is 13.2. The van der Waals surface area contributed by atoms with Crippen molar-refractivity contribution < 1.29 is 32.3 Å². The Morgan fingerprint density at radius 1 is 0.912 bits per heavy atom. The van der Waals surface area contributed by atoms with Crippen LogP contribution in [0.5, 0.6) is 0 Å². The molecule has 2 aromatic carbocycles. The molecule has 1 saturated heterocycles. The fraction of sp³-hybridized carbons (Fsp3) is 0.375. The molecule has 2 unspecified atom stereocenters. The molecule has 0 aromatic heterocycles. The molecule has 0 spiro atoms. The number of carbonyl (C=O) groups is 3. The first kappa shape index (κ1) is 25.4. The standard InChI is InChI=1S/C24H28N2O7S/c1-15-10-16(2)14-26(13-15)34(30,31)19-7-5-6-17(11-19)22(27)25-21-12-18(23(28)32-3)8-9-20(21)24(29)33-4/h5-9,11-12,15-16H,10,13-14H2,1-4H3,(H,25,27). The van der Waals surface area contributed by atoms with Crippen molar-refractivity contribution in [1.29, 1.82) is 0 Å². The van der Waals surface area contributed by atoms with Gasteiger partial charge in [-0.25, -0.2) is 18.0 Å². The van der Waals surface area contributed by atoms with Crippen LogP contribution in [0.15, 0.2) is 47.4 Å². The number of rotatable bonds is 6. The number of piperidine rings is 1. The zero-order chi connectivity index (χ0) is 25.0. The topological polar surface area (TPSA) is 119 Å². The van der Waals surface area contributed by atoms with Gasteiger partial charge in [-0.2, -0.15) is 4.31 Å². The van der Waals surface area contributed by atoms with Crippen molar-refractivity contribution in [3.05, 3.63) is 59.2 Å². The largest absolute Gasteiger partial charge is 0.465 e. The summed E-state index contributed by atoms with van der Waals surface area (Å²) >= 11 is 0. The molecule has 3 rings (SSSR count). The molecule has 182 valence electrons. The number of methoxy groups -OCH3 is 2. The van der Waals surface area contributed by atoms with Gasteiger partial charge in [0.15, 0.2) is 0 Å².